The predicted octanol–water partition coefficient (Wildman–Crippen LogP) is 2.71. The highest BCUT2D eigenvalue weighted by molar-refractivity contribution is 6.02. The number of hydrogen-bond acceptors (Lipinski definition) is 4. The summed E-state index contributed by atoms with van der Waals surface area (Å²) in [5.41, 5.74) is 0.664. The lowest BCUT2D eigenvalue weighted by molar-refractivity contribution is 0.102. The van der Waals surface area contributed by atoms with Crippen molar-refractivity contribution < 1.29 is 13.6 Å². The Hall–Kier alpha value is -3.16. The first-order valence-corrected chi connectivity index (χ1v) is 6.64. The fourth-order valence-electron chi connectivity index (χ4n) is 1.96. The molecule has 0 bridgehead atoms. The number of anilines is 1. The zero-order valence-electron chi connectivity index (χ0n) is 12.0. The smallest absolute Gasteiger partial charge is 0.277 e. The number of nitrogens with one attached hydrogen (secondary N) is 2. The van der Waals surface area contributed by atoms with E-state index in [9.17, 15) is 13.6 Å². The molecule has 1 amide bonds. The van der Waals surface area contributed by atoms with E-state index in [-0.39, 0.29) is 22.8 Å². The van der Waals surface area contributed by atoms with Crippen LogP contribution in [0.4, 0.5) is 14.6 Å². The van der Waals surface area contributed by atoms with Gasteiger partial charge in [0.15, 0.2) is 5.82 Å². The number of aromatic amines is 1. The van der Waals surface area contributed by atoms with Gasteiger partial charge in [-0.2, -0.15) is 5.10 Å². The molecular weight excluding hydrogens is 304 g/mol. The van der Waals surface area contributed by atoms with Crippen LogP contribution in [0.1, 0.15) is 16.2 Å². The van der Waals surface area contributed by atoms with E-state index in [0.29, 0.717) is 5.69 Å². The van der Waals surface area contributed by atoms with Crippen molar-refractivity contribution in [2.75, 3.05) is 5.32 Å². The monoisotopic (exact) mass is 315 g/mol. The average molecular weight is 315 g/mol. The van der Waals surface area contributed by atoms with Crippen LogP contribution in [0.2, 0.25) is 0 Å². The van der Waals surface area contributed by atoms with Crippen molar-refractivity contribution in [3.8, 4) is 11.3 Å². The summed E-state index contributed by atoms with van der Waals surface area (Å²) in [6.07, 6.45) is 2.79. The van der Waals surface area contributed by atoms with Crippen LogP contribution in [0, 0.1) is 18.6 Å². The minimum absolute atomic E-state index is 0.109. The van der Waals surface area contributed by atoms with Gasteiger partial charge >= 0.3 is 0 Å². The molecule has 0 aliphatic heterocycles. The molecule has 0 saturated heterocycles. The molecule has 3 aromatic rings. The standard InChI is InChI=1S/C15H11F2N5O/c1-8-6-19-12(7-18-8)15(23)20-13-5-11(21-22-13)14-9(16)3-2-4-10(14)17/h2-7H,1H3,(H2,20,21,22,23). The maximum absolute atomic E-state index is 13.7. The molecular formula is C15H11F2N5O. The Morgan fingerprint density at radius 1 is 1.17 bits per heavy atom. The average Bonchev–Trinajstić information content (AvgIpc) is 2.96. The van der Waals surface area contributed by atoms with Gasteiger partial charge < -0.3 is 5.32 Å². The van der Waals surface area contributed by atoms with E-state index >= 15 is 0 Å². The van der Waals surface area contributed by atoms with Gasteiger partial charge in [0.1, 0.15) is 17.3 Å². The highest BCUT2D eigenvalue weighted by Gasteiger charge is 2.15. The summed E-state index contributed by atoms with van der Waals surface area (Å²) < 4.78 is 27.4. The fraction of sp³-hybridized carbons (Fsp3) is 0.0667. The Morgan fingerprint density at radius 3 is 2.57 bits per heavy atom. The van der Waals surface area contributed by atoms with E-state index in [4.69, 9.17) is 0 Å². The summed E-state index contributed by atoms with van der Waals surface area (Å²) in [5.74, 6) is -1.86. The molecule has 8 heteroatoms. The maximum Gasteiger partial charge on any atom is 0.277 e. The van der Waals surface area contributed by atoms with E-state index in [0.717, 1.165) is 12.1 Å². The van der Waals surface area contributed by atoms with Crippen molar-refractivity contribution in [1.29, 1.82) is 0 Å². The van der Waals surface area contributed by atoms with E-state index in [1.165, 1.54) is 24.5 Å². The number of hydrogen-bond donors (Lipinski definition) is 2. The van der Waals surface area contributed by atoms with Gasteiger partial charge in [-0.05, 0) is 19.1 Å². The van der Waals surface area contributed by atoms with Gasteiger partial charge in [0.05, 0.1) is 23.1 Å². The number of aryl methyl sites for hydroxylation is 1. The third kappa shape index (κ3) is 3.05. The molecule has 0 radical (unpaired) electrons. The summed E-state index contributed by atoms with van der Waals surface area (Å²) in [6, 6.07) is 4.88. The zero-order chi connectivity index (χ0) is 16.4. The summed E-state index contributed by atoms with van der Waals surface area (Å²) in [4.78, 5) is 19.9. The van der Waals surface area contributed by atoms with Crippen LogP contribution < -0.4 is 5.32 Å². The Labute approximate surface area is 129 Å². The largest absolute Gasteiger partial charge is 0.304 e. The Bertz CT molecular complexity index is 840. The first kappa shape index (κ1) is 14.8. The molecule has 0 aliphatic rings. The number of nitrogens with zero attached hydrogens (tertiary/aromatic N) is 3. The number of halogens is 2. The molecule has 0 fully saturated rings. The van der Waals surface area contributed by atoms with E-state index in [1.54, 1.807) is 6.92 Å². The van der Waals surface area contributed by atoms with Crippen LogP contribution in [-0.2, 0) is 0 Å². The molecule has 1 aromatic carbocycles. The number of benzene rings is 1. The first-order chi connectivity index (χ1) is 11.0. The molecule has 116 valence electrons. The highest BCUT2D eigenvalue weighted by atomic mass is 19.1. The lowest BCUT2D eigenvalue weighted by Gasteiger charge is -2.01. The van der Waals surface area contributed by atoms with Gasteiger partial charge in [0.2, 0.25) is 0 Å². The van der Waals surface area contributed by atoms with E-state index in [1.807, 2.05) is 0 Å². The molecule has 0 saturated carbocycles. The van der Waals surface area contributed by atoms with Gasteiger partial charge in [-0.3, -0.25) is 14.9 Å². The van der Waals surface area contributed by atoms with Gasteiger partial charge in [-0.15, -0.1) is 0 Å². The van der Waals surface area contributed by atoms with Crippen LogP contribution in [0.5, 0.6) is 0 Å². The Balaban J connectivity index is 1.82. The van der Waals surface area contributed by atoms with Crippen molar-refractivity contribution in [2.45, 2.75) is 6.92 Å². The minimum atomic E-state index is -0.726. The highest BCUT2D eigenvalue weighted by Crippen LogP contribution is 2.25. The van der Waals surface area contributed by atoms with Crippen molar-refractivity contribution in [1.82, 2.24) is 20.2 Å². The van der Waals surface area contributed by atoms with Crippen LogP contribution >= 0.6 is 0 Å². The minimum Gasteiger partial charge on any atom is -0.304 e. The van der Waals surface area contributed by atoms with Crippen LogP contribution in [0.25, 0.3) is 11.3 Å². The van der Waals surface area contributed by atoms with Crippen molar-refractivity contribution >= 4 is 11.7 Å². The molecule has 6 nitrogen and oxygen atoms in total. The third-order valence-corrected chi connectivity index (χ3v) is 3.07. The number of carbonyl (C=O) groups excluding carboxylic acids is 1. The van der Waals surface area contributed by atoms with Gasteiger partial charge in [0, 0.05) is 12.3 Å². The maximum atomic E-state index is 13.7. The number of amides is 1. The number of rotatable bonds is 3. The number of carbonyl (C=O) groups is 1. The molecule has 0 atom stereocenters. The second-order valence-corrected chi connectivity index (χ2v) is 4.76. The summed E-state index contributed by atoms with van der Waals surface area (Å²) in [7, 11) is 0. The number of H-pyrrole nitrogens is 1. The van der Waals surface area contributed by atoms with Gasteiger partial charge in [0.25, 0.3) is 5.91 Å². The topological polar surface area (TPSA) is 83.6 Å². The fourth-order valence-corrected chi connectivity index (χ4v) is 1.96. The summed E-state index contributed by atoms with van der Waals surface area (Å²) in [5, 5.41) is 8.79. The molecule has 3 rings (SSSR count). The Morgan fingerprint density at radius 2 is 1.91 bits per heavy atom. The van der Waals surface area contributed by atoms with E-state index < -0.39 is 17.5 Å². The molecule has 2 N–H and O–H groups in total. The quantitative estimate of drug-likeness (QED) is 0.778. The lowest BCUT2D eigenvalue weighted by atomic mass is 10.1. The molecule has 23 heavy (non-hydrogen) atoms. The predicted molar refractivity (Wildman–Crippen MR) is 78.7 cm³/mol. The molecule has 2 heterocycles. The Kier molecular flexibility index (Phi) is 3.80. The van der Waals surface area contributed by atoms with Crippen molar-refractivity contribution in [3.05, 3.63) is 59.7 Å². The van der Waals surface area contributed by atoms with Crippen LogP contribution in [-0.4, -0.2) is 26.1 Å². The SMILES string of the molecule is Cc1cnc(C(=O)Nc2cc(-c3c(F)cccc3F)[nH]n2)cn1. The van der Waals surface area contributed by atoms with Gasteiger partial charge in [-0.1, -0.05) is 6.07 Å². The first-order valence-electron chi connectivity index (χ1n) is 6.64. The normalized spacial score (nSPS) is 10.6. The van der Waals surface area contributed by atoms with E-state index in [2.05, 4.69) is 25.5 Å². The molecule has 0 spiro atoms. The van der Waals surface area contributed by atoms with Crippen molar-refractivity contribution in [2.24, 2.45) is 0 Å². The van der Waals surface area contributed by atoms with Crippen molar-refractivity contribution in [3.63, 3.8) is 0 Å². The lowest BCUT2D eigenvalue weighted by Crippen LogP contribution is -2.14. The number of aromatic nitrogens is 4. The second kappa shape index (κ2) is 5.91. The second-order valence-electron chi connectivity index (χ2n) is 4.76. The van der Waals surface area contributed by atoms with Crippen LogP contribution in [0.15, 0.2) is 36.7 Å². The third-order valence-electron chi connectivity index (χ3n) is 3.07. The van der Waals surface area contributed by atoms with Gasteiger partial charge in [-0.25, -0.2) is 13.8 Å². The molecule has 0 unspecified atom stereocenters. The molecule has 2 aromatic heterocycles. The zero-order valence-corrected chi connectivity index (χ0v) is 12.0. The summed E-state index contributed by atoms with van der Waals surface area (Å²) >= 11 is 0. The van der Waals surface area contributed by atoms with Crippen LogP contribution in [0.3, 0.4) is 0 Å². The summed E-state index contributed by atoms with van der Waals surface area (Å²) in [6.45, 7) is 1.75. The molecule has 0 aliphatic carbocycles.